The van der Waals surface area contributed by atoms with Gasteiger partial charge in [-0.25, -0.2) is 4.85 Å². The molecule has 0 atom stereocenters. The van der Waals surface area contributed by atoms with Crippen LogP contribution < -0.4 is 9.80 Å². The highest BCUT2D eigenvalue weighted by Gasteiger charge is 2.25. The van der Waals surface area contributed by atoms with Crippen molar-refractivity contribution in [2.45, 2.75) is 13.8 Å². The van der Waals surface area contributed by atoms with Gasteiger partial charge in [-0.3, -0.25) is 0 Å². The van der Waals surface area contributed by atoms with Crippen LogP contribution in [0.1, 0.15) is 11.1 Å². The molecule has 4 heterocycles. The first kappa shape index (κ1) is 40.1. The van der Waals surface area contributed by atoms with Crippen LogP contribution in [-0.4, -0.2) is 0 Å². The first-order valence-corrected chi connectivity index (χ1v) is 24.1. The summed E-state index contributed by atoms with van der Waals surface area (Å²) in [5.41, 5.74) is 14.7. The minimum atomic E-state index is 0.517. The Morgan fingerprint density at radius 3 is 1.35 bits per heavy atom. The van der Waals surface area contributed by atoms with Gasteiger partial charge in [0.2, 0.25) is 0 Å². The molecule has 0 amide bonds. The Labute approximate surface area is 411 Å². The second kappa shape index (κ2) is 15.1. The molecule has 15 rings (SSSR count). The van der Waals surface area contributed by atoms with Crippen LogP contribution in [-0.2, 0) is 0 Å². The number of furan rings is 4. The van der Waals surface area contributed by atoms with E-state index in [4.69, 9.17) is 24.2 Å². The number of para-hydroxylation sites is 6. The fraction of sp³-hybridized carbons (Fsp3) is 0.0308. The van der Waals surface area contributed by atoms with Gasteiger partial charge in [-0.1, -0.05) is 109 Å². The van der Waals surface area contributed by atoms with Crippen LogP contribution >= 0.6 is 0 Å². The van der Waals surface area contributed by atoms with Crippen LogP contribution in [0.25, 0.3) is 114 Å². The number of aryl methyl sites for hydroxylation is 2. The maximum atomic E-state index is 8.45. The molecule has 15 aromatic rings. The molecule has 0 radical (unpaired) electrons. The minimum Gasteiger partial charge on any atom is -0.454 e. The Bertz CT molecular complexity index is 4830. The largest absolute Gasteiger partial charge is 0.454 e. The minimum absolute atomic E-state index is 0.517. The third-order valence-corrected chi connectivity index (χ3v) is 14.6. The van der Waals surface area contributed by atoms with Gasteiger partial charge < -0.3 is 27.5 Å². The summed E-state index contributed by atoms with van der Waals surface area (Å²) in [6.45, 7) is 12.7. The van der Waals surface area contributed by atoms with Crippen molar-refractivity contribution in [3.63, 3.8) is 0 Å². The van der Waals surface area contributed by atoms with Gasteiger partial charge in [0.25, 0.3) is 0 Å². The molecule has 338 valence electrons. The van der Waals surface area contributed by atoms with Gasteiger partial charge in [0.15, 0.2) is 28.0 Å². The Hall–Kier alpha value is -9.77. The second-order valence-corrected chi connectivity index (χ2v) is 18.8. The topological polar surface area (TPSA) is 63.4 Å². The maximum Gasteiger partial charge on any atom is 0.199 e. The van der Waals surface area contributed by atoms with Crippen LogP contribution in [0.15, 0.2) is 218 Å². The average Bonchev–Trinajstić information content (AvgIpc) is 4.19. The first-order chi connectivity index (χ1) is 35.5. The number of anilines is 6. The molecule has 4 aromatic heterocycles. The lowest BCUT2D eigenvalue weighted by Crippen LogP contribution is -2.11. The molecule has 0 saturated carbocycles. The molecule has 0 aliphatic heterocycles. The number of benzene rings is 11. The van der Waals surface area contributed by atoms with Crippen molar-refractivity contribution in [3.05, 3.63) is 223 Å². The fourth-order valence-electron chi connectivity index (χ4n) is 11.2. The van der Waals surface area contributed by atoms with E-state index in [9.17, 15) is 0 Å². The molecule has 7 nitrogen and oxygen atoms in total. The van der Waals surface area contributed by atoms with Crippen molar-refractivity contribution in [3.8, 4) is 0 Å². The lowest BCUT2D eigenvalue weighted by molar-refractivity contribution is 0.634. The molecule has 0 N–H and O–H groups in total. The van der Waals surface area contributed by atoms with Gasteiger partial charge in [0.05, 0.1) is 17.9 Å². The summed E-state index contributed by atoms with van der Waals surface area (Å²) in [5, 5.41) is 11.8. The summed E-state index contributed by atoms with van der Waals surface area (Å²) >= 11 is 0. The molecular formula is C65H39N3O4. The zero-order chi connectivity index (χ0) is 47.8. The normalized spacial score (nSPS) is 12.0. The van der Waals surface area contributed by atoms with Crippen molar-refractivity contribution >= 4 is 149 Å². The summed E-state index contributed by atoms with van der Waals surface area (Å²) in [5.74, 6) is 0. The summed E-state index contributed by atoms with van der Waals surface area (Å²) in [7, 11) is 0. The Morgan fingerprint density at radius 2 is 0.792 bits per heavy atom. The SMILES string of the molecule is [C-]#[N+]c1cc2c3cc4ccc(N(c5ccccc5C)c5cccc6c5oc5ccccc56)cc4cc3oc2c2oc3cc4cc(N(c5ccccc5C)c5cccc6c5oc5ccccc56)ccc4cc3c12. The molecule has 0 aliphatic carbocycles. The van der Waals surface area contributed by atoms with Gasteiger partial charge in [-0.2, -0.15) is 0 Å². The molecule has 0 saturated heterocycles. The van der Waals surface area contributed by atoms with Gasteiger partial charge >= 0.3 is 0 Å². The van der Waals surface area contributed by atoms with E-state index in [1.54, 1.807) is 0 Å². The summed E-state index contributed by atoms with van der Waals surface area (Å²) in [6.07, 6.45) is 0. The van der Waals surface area contributed by atoms with Crippen molar-refractivity contribution < 1.29 is 17.7 Å². The zero-order valence-electron chi connectivity index (χ0n) is 39.0. The van der Waals surface area contributed by atoms with E-state index in [-0.39, 0.29) is 0 Å². The quantitative estimate of drug-likeness (QED) is 0.155. The number of fused-ring (bicyclic) bond motifs is 15. The van der Waals surface area contributed by atoms with Crippen LogP contribution in [0.3, 0.4) is 0 Å². The van der Waals surface area contributed by atoms with Crippen LogP contribution in [0.4, 0.5) is 39.8 Å². The van der Waals surface area contributed by atoms with E-state index in [1.807, 2.05) is 30.3 Å². The van der Waals surface area contributed by atoms with Gasteiger partial charge in [-0.15, -0.1) is 0 Å². The Kier molecular flexibility index (Phi) is 8.43. The molecule has 0 bridgehead atoms. The van der Waals surface area contributed by atoms with E-state index < -0.39 is 0 Å². The van der Waals surface area contributed by atoms with Crippen LogP contribution in [0.5, 0.6) is 0 Å². The standard InChI is InChI=1S/C65H39N3O4/c1-37-14-4-8-20-53(37)67(55-22-12-18-47-45-16-6-10-24-57(45)69-62(47)55)43-28-26-39-32-49-50-36-52(66-3)61-51-33-40-27-29-44(31-42(40)35-60(51)72-65(61)64(50)71-59(49)34-41(39)30-43)68(54-21-9-5-15-38(54)2)56-23-13-19-48-46-17-7-11-25-58(46)70-63(48)56/h4-36H,1-2H3. The summed E-state index contributed by atoms with van der Waals surface area (Å²) < 4.78 is 26.9. The number of hydrogen-bond acceptors (Lipinski definition) is 6. The predicted octanol–water partition coefficient (Wildman–Crippen LogP) is 19.7. The lowest BCUT2D eigenvalue weighted by atomic mass is 10.0. The van der Waals surface area contributed by atoms with Gasteiger partial charge in [0.1, 0.15) is 22.3 Å². The number of hydrogen-bond donors (Lipinski definition) is 0. The van der Waals surface area contributed by atoms with E-state index in [2.05, 4.69) is 198 Å². The zero-order valence-corrected chi connectivity index (χ0v) is 39.0. The second-order valence-electron chi connectivity index (χ2n) is 18.8. The Balaban J connectivity index is 0.884. The molecule has 0 spiro atoms. The highest BCUT2D eigenvalue weighted by molar-refractivity contribution is 6.26. The van der Waals surface area contributed by atoms with Crippen LogP contribution in [0, 0.1) is 20.4 Å². The average molecular weight is 926 g/mol. The molecule has 0 fully saturated rings. The molecule has 0 aliphatic rings. The van der Waals surface area contributed by atoms with Crippen molar-refractivity contribution in [2.75, 3.05) is 9.80 Å². The monoisotopic (exact) mass is 925 g/mol. The lowest BCUT2D eigenvalue weighted by Gasteiger charge is -2.27. The third-order valence-electron chi connectivity index (χ3n) is 14.6. The Morgan fingerprint density at radius 1 is 0.333 bits per heavy atom. The highest BCUT2D eigenvalue weighted by atomic mass is 16.4. The van der Waals surface area contributed by atoms with E-state index in [0.29, 0.717) is 28.0 Å². The van der Waals surface area contributed by atoms with Gasteiger partial charge in [-0.05, 0) is 138 Å². The number of nitrogens with zero attached hydrogens (tertiary/aromatic N) is 3. The summed E-state index contributed by atoms with van der Waals surface area (Å²) in [4.78, 5) is 8.68. The summed E-state index contributed by atoms with van der Waals surface area (Å²) in [6, 6.07) is 69.5. The van der Waals surface area contributed by atoms with Gasteiger partial charge in [0, 0.05) is 65.8 Å². The first-order valence-electron chi connectivity index (χ1n) is 24.1. The molecule has 72 heavy (non-hydrogen) atoms. The molecule has 0 unspecified atom stereocenters. The van der Waals surface area contributed by atoms with E-state index in [1.165, 1.54) is 0 Å². The van der Waals surface area contributed by atoms with E-state index >= 15 is 0 Å². The smallest absolute Gasteiger partial charge is 0.199 e. The predicted molar refractivity (Wildman–Crippen MR) is 296 cm³/mol. The number of rotatable bonds is 6. The molecule has 7 heteroatoms. The molecular weight excluding hydrogens is 887 g/mol. The van der Waals surface area contributed by atoms with Crippen molar-refractivity contribution in [1.29, 1.82) is 0 Å². The van der Waals surface area contributed by atoms with E-state index in [0.717, 1.165) is 132 Å². The van der Waals surface area contributed by atoms with Crippen molar-refractivity contribution in [2.24, 2.45) is 0 Å². The fourth-order valence-corrected chi connectivity index (χ4v) is 11.2. The highest BCUT2D eigenvalue weighted by Crippen LogP contribution is 2.49. The maximum absolute atomic E-state index is 8.45. The third kappa shape index (κ3) is 5.84. The van der Waals surface area contributed by atoms with Crippen LogP contribution in [0.2, 0.25) is 0 Å². The molecule has 11 aromatic carbocycles. The van der Waals surface area contributed by atoms with Crippen molar-refractivity contribution in [1.82, 2.24) is 0 Å².